The van der Waals surface area contributed by atoms with Crippen LogP contribution in [0.5, 0.6) is 5.75 Å². The highest BCUT2D eigenvalue weighted by Crippen LogP contribution is 2.25. The van der Waals surface area contributed by atoms with Crippen molar-refractivity contribution in [2.45, 2.75) is 6.92 Å². The number of methoxy groups -OCH3 is 1. The van der Waals surface area contributed by atoms with Gasteiger partial charge in [0.15, 0.2) is 0 Å². The molecule has 20 heavy (non-hydrogen) atoms. The first kappa shape index (κ1) is 14.2. The van der Waals surface area contributed by atoms with Crippen molar-refractivity contribution in [1.29, 1.82) is 0 Å². The number of anilines is 2. The first-order valence-corrected chi connectivity index (χ1v) is 6.40. The highest BCUT2D eigenvalue weighted by molar-refractivity contribution is 6.34. The Morgan fingerprint density at radius 2 is 2.00 bits per heavy atom. The summed E-state index contributed by atoms with van der Waals surface area (Å²) in [5, 5.41) is 3.23. The molecule has 0 heterocycles. The van der Waals surface area contributed by atoms with E-state index in [1.165, 1.54) is 7.11 Å². The summed E-state index contributed by atoms with van der Waals surface area (Å²) in [5.41, 5.74) is 8.11. The third kappa shape index (κ3) is 3.03. The molecule has 0 aliphatic carbocycles. The molecule has 5 heteroatoms. The van der Waals surface area contributed by atoms with E-state index in [2.05, 4.69) is 5.32 Å². The molecule has 104 valence electrons. The fourth-order valence-corrected chi connectivity index (χ4v) is 1.95. The third-order valence-corrected chi connectivity index (χ3v) is 3.20. The van der Waals surface area contributed by atoms with E-state index in [9.17, 15) is 4.79 Å². The lowest BCUT2D eigenvalue weighted by Crippen LogP contribution is -2.14. The number of nitrogens with one attached hydrogen (secondary N) is 1. The Morgan fingerprint density at radius 1 is 1.25 bits per heavy atom. The number of halogens is 1. The van der Waals surface area contributed by atoms with Crippen LogP contribution >= 0.6 is 11.6 Å². The monoisotopic (exact) mass is 290 g/mol. The normalized spacial score (nSPS) is 10.2. The van der Waals surface area contributed by atoms with Crippen LogP contribution in [0, 0.1) is 6.92 Å². The number of hydrogen-bond acceptors (Lipinski definition) is 3. The zero-order valence-electron chi connectivity index (χ0n) is 11.2. The van der Waals surface area contributed by atoms with Crippen molar-refractivity contribution in [2.75, 3.05) is 18.2 Å². The van der Waals surface area contributed by atoms with Gasteiger partial charge in [0, 0.05) is 5.69 Å². The number of carbonyl (C=O) groups is 1. The van der Waals surface area contributed by atoms with E-state index >= 15 is 0 Å². The lowest BCUT2D eigenvalue weighted by molar-refractivity contribution is 0.102. The first-order valence-electron chi connectivity index (χ1n) is 6.02. The first-order chi connectivity index (χ1) is 9.51. The Balaban J connectivity index is 2.30. The van der Waals surface area contributed by atoms with Crippen LogP contribution in [0.2, 0.25) is 5.02 Å². The summed E-state index contributed by atoms with van der Waals surface area (Å²) in [7, 11) is 1.53. The van der Waals surface area contributed by atoms with Crippen molar-refractivity contribution in [3.8, 4) is 5.75 Å². The molecule has 0 aliphatic rings. The fourth-order valence-electron chi connectivity index (χ4n) is 1.78. The zero-order valence-corrected chi connectivity index (χ0v) is 12.0. The lowest BCUT2D eigenvalue weighted by Gasteiger charge is -2.11. The third-order valence-electron chi connectivity index (χ3n) is 2.88. The second kappa shape index (κ2) is 5.84. The fraction of sp³-hybridized carbons (Fsp3) is 0.133. The summed E-state index contributed by atoms with van der Waals surface area (Å²) in [6, 6.07) is 10.3. The molecule has 1 amide bonds. The molecule has 0 radical (unpaired) electrons. The van der Waals surface area contributed by atoms with Crippen LogP contribution in [0.3, 0.4) is 0 Å². The number of aryl methyl sites for hydroxylation is 1. The maximum atomic E-state index is 12.3. The minimum Gasteiger partial charge on any atom is -0.497 e. The number of hydrogen-bond donors (Lipinski definition) is 2. The maximum Gasteiger partial charge on any atom is 0.257 e. The minimum absolute atomic E-state index is 0.325. The molecule has 2 rings (SSSR count). The molecular weight excluding hydrogens is 276 g/mol. The molecule has 0 bridgehead atoms. The van der Waals surface area contributed by atoms with Crippen LogP contribution in [0.4, 0.5) is 11.4 Å². The Labute approximate surface area is 122 Å². The molecule has 0 aliphatic heterocycles. The molecular formula is C15H15ClN2O2. The topological polar surface area (TPSA) is 64.3 Å². The highest BCUT2D eigenvalue weighted by Gasteiger charge is 2.13. The molecule has 4 nitrogen and oxygen atoms in total. The van der Waals surface area contributed by atoms with Gasteiger partial charge in [-0.2, -0.15) is 0 Å². The van der Waals surface area contributed by atoms with E-state index in [-0.39, 0.29) is 5.91 Å². The average molecular weight is 291 g/mol. The van der Waals surface area contributed by atoms with E-state index in [0.29, 0.717) is 27.7 Å². The van der Waals surface area contributed by atoms with E-state index in [4.69, 9.17) is 22.1 Å². The maximum absolute atomic E-state index is 12.3. The largest absolute Gasteiger partial charge is 0.497 e. The number of carbonyl (C=O) groups excluding carboxylic acids is 1. The number of amides is 1. The molecule has 0 saturated carbocycles. The highest BCUT2D eigenvalue weighted by atomic mass is 35.5. The number of nitrogen functional groups attached to an aromatic ring is 1. The summed E-state index contributed by atoms with van der Waals surface area (Å²) in [6.07, 6.45) is 0. The molecule has 0 unspecified atom stereocenters. The van der Waals surface area contributed by atoms with Crippen molar-refractivity contribution in [3.63, 3.8) is 0 Å². The van der Waals surface area contributed by atoms with Gasteiger partial charge in [-0.25, -0.2) is 0 Å². The second-order valence-electron chi connectivity index (χ2n) is 4.39. The van der Waals surface area contributed by atoms with Crippen LogP contribution in [0.25, 0.3) is 0 Å². The van der Waals surface area contributed by atoms with Gasteiger partial charge in [-0.3, -0.25) is 4.79 Å². The summed E-state index contributed by atoms with van der Waals surface area (Å²) in [4.78, 5) is 12.3. The van der Waals surface area contributed by atoms with Gasteiger partial charge in [0.25, 0.3) is 5.91 Å². The number of ether oxygens (including phenoxy) is 1. The van der Waals surface area contributed by atoms with Gasteiger partial charge in [0.1, 0.15) is 5.75 Å². The smallest absolute Gasteiger partial charge is 0.257 e. The quantitative estimate of drug-likeness (QED) is 0.851. The Kier molecular flexibility index (Phi) is 4.15. The van der Waals surface area contributed by atoms with Crippen molar-refractivity contribution < 1.29 is 9.53 Å². The standard InChI is InChI=1S/C15H15ClN2O2/c1-9-3-5-12(16)14(7-9)18-15(19)11-8-10(20-2)4-6-13(11)17/h3-8H,17H2,1-2H3,(H,18,19). The van der Waals surface area contributed by atoms with Crippen LogP contribution in [-0.2, 0) is 0 Å². The van der Waals surface area contributed by atoms with Gasteiger partial charge in [0.2, 0.25) is 0 Å². The molecule has 0 spiro atoms. The molecule has 3 N–H and O–H groups in total. The van der Waals surface area contributed by atoms with Crippen molar-refractivity contribution in [3.05, 3.63) is 52.5 Å². The summed E-state index contributed by atoms with van der Waals surface area (Å²) in [5.74, 6) is 0.244. The summed E-state index contributed by atoms with van der Waals surface area (Å²) >= 11 is 6.06. The van der Waals surface area contributed by atoms with Crippen molar-refractivity contribution in [1.82, 2.24) is 0 Å². The van der Waals surface area contributed by atoms with E-state index in [0.717, 1.165) is 5.56 Å². The van der Waals surface area contributed by atoms with Gasteiger partial charge in [-0.05, 0) is 42.8 Å². The Bertz CT molecular complexity index is 656. The van der Waals surface area contributed by atoms with Gasteiger partial charge in [0.05, 0.1) is 23.4 Å². The van der Waals surface area contributed by atoms with Gasteiger partial charge < -0.3 is 15.8 Å². The van der Waals surface area contributed by atoms with Crippen LogP contribution in [0.15, 0.2) is 36.4 Å². The molecule has 0 saturated heterocycles. The van der Waals surface area contributed by atoms with Crippen molar-refractivity contribution >= 4 is 28.9 Å². The van der Waals surface area contributed by atoms with E-state index in [1.807, 2.05) is 13.0 Å². The van der Waals surface area contributed by atoms with Gasteiger partial charge in [-0.1, -0.05) is 17.7 Å². The predicted molar refractivity (Wildman–Crippen MR) is 81.5 cm³/mol. The Morgan fingerprint density at radius 3 is 2.70 bits per heavy atom. The van der Waals surface area contributed by atoms with Crippen LogP contribution < -0.4 is 15.8 Å². The zero-order chi connectivity index (χ0) is 14.7. The predicted octanol–water partition coefficient (Wildman–Crippen LogP) is 3.49. The van der Waals surface area contributed by atoms with Crippen LogP contribution in [0.1, 0.15) is 15.9 Å². The summed E-state index contributed by atoms with van der Waals surface area (Å²) in [6.45, 7) is 1.92. The number of nitrogens with two attached hydrogens (primary N) is 1. The molecule has 2 aromatic rings. The molecule has 2 aromatic carbocycles. The second-order valence-corrected chi connectivity index (χ2v) is 4.80. The minimum atomic E-state index is -0.325. The SMILES string of the molecule is COc1ccc(N)c(C(=O)Nc2cc(C)ccc2Cl)c1. The van der Waals surface area contributed by atoms with E-state index < -0.39 is 0 Å². The molecule has 0 atom stereocenters. The van der Waals surface area contributed by atoms with E-state index in [1.54, 1.807) is 30.3 Å². The number of rotatable bonds is 3. The van der Waals surface area contributed by atoms with Gasteiger partial charge >= 0.3 is 0 Å². The Hall–Kier alpha value is -2.20. The van der Waals surface area contributed by atoms with Crippen molar-refractivity contribution in [2.24, 2.45) is 0 Å². The lowest BCUT2D eigenvalue weighted by atomic mass is 10.1. The number of benzene rings is 2. The summed E-state index contributed by atoms with van der Waals surface area (Å²) < 4.78 is 5.09. The van der Waals surface area contributed by atoms with Gasteiger partial charge in [-0.15, -0.1) is 0 Å². The average Bonchev–Trinajstić information content (AvgIpc) is 2.43. The molecule has 0 aromatic heterocycles. The molecule has 0 fully saturated rings. The van der Waals surface area contributed by atoms with Crippen LogP contribution in [-0.4, -0.2) is 13.0 Å².